The number of aromatic nitrogens is 1. The molecule has 0 aliphatic rings. The van der Waals surface area contributed by atoms with Gasteiger partial charge in [-0.3, -0.25) is 4.98 Å². The normalized spacial score (nSPS) is 10.6. The average molecular weight is 269 g/mol. The van der Waals surface area contributed by atoms with Crippen molar-refractivity contribution < 1.29 is 0 Å². The monoisotopic (exact) mass is 268 g/mol. The number of benzene rings is 2. The summed E-state index contributed by atoms with van der Waals surface area (Å²) in [6, 6.07) is 16.0. The van der Waals surface area contributed by atoms with E-state index in [-0.39, 0.29) is 0 Å². The quantitative estimate of drug-likeness (QED) is 0.712. The summed E-state index contributed by atoms with van der Waals surface area (Å²) in [5.41, 5.74) is 4.22. The van der Waals surface area contributed by atoms with Crippen molar-refractivity contribution in [3.63, 3.8) is 0 Å². The molecule has 1 aromatic heterocycles. The standard InChI is InChI=1S/C16H13ClN2/c1-11-4-5-13(17)10-16(11)19-14-6-7-15-12(9-14)3-2-8-18-15/h2-10,19H,1H3. The summed E-state index contributed by atoms with van der Waals surface area (Å²) in [6.07, 6.45) is 1.80. The van der Waals surface area contributed by atoms with Crippen molar-refractivity contribution in [2.75, 3.05) is 5.32 Å². The summed E-state index contributed by atoms with van der Waals surface area (Å²) in [7, 11) is 0. The van der Waals surface area contributed by atoms with E-state index < -0.39 is 0 Å². The molecule has 2 nitrogen and oxygen atoms in total. The van der Waals surface area contributed by atoms with Gasteiger partial charge in [0.1, 0.15) is 0 Å². The van der Waals surface area contributed by atoms with E-state index in [9.17, 15) is 0 Å². The van der Waals surface area contributed by atoms with Crippen LogP contribution >= 0.6 is 11.6 Å². The molecule has 0 aliphatic heterocycles. The van der Waals surface area contributed by atoms with Gasteiger partial charge in [-0.25, -0.2) is 0 Å². The molecule has 0 amide bonds. The summed E-state index contributed by atoms with van der Waals surface area (Å²) < 4.78 is 0. The minimum absolute atomic E-state index is 0.732. The van der Waals surface area contributed by atoms with Gasteiger partial charge in [-0.1, -0.05) is 23.7 Å². The molecule has 1 N–H and O–H groups in total. The predicted octanol–water partition coefficient (Wildman–Crippen LogP) is 4.94. The lowest BCUT2D eigenvalue weighted by molar-refractivity contribution is 1.40. The third-order valence-electron chi connectivity index (χ3n) is 3.08. The Hall–Kier alpha value is -2.06. The van der Waals surface area contributed by atoms with Gasteiger partial charge in [-0.15, -0.1) is 0 Å². The molecule has 0 saturated heterocycles. The van der Waals surface area contributed by atoms with Crippen molar-refractivity contribution in [1.29, 1.82) is 0 Å². The zero-order valence-corrected chi connectivity index (χ0v) is 11.3. The number of hydrogen-bond acceptors (Lipinski definition) is 2. The van der Waals surface area contributed by atoms with E-state index >= 15 is 0 Å². The van der Waals surface area contributed by atoms with E-state index in [0.29, 0.717) is 0 Å². The van der Waals surface area contributed by atoms with Gasteiger partial charge in [0.15, 0.2) is 0 Å². The Kier molecular flexibility index (Phi) is 3.10. The Balaban J connectivity index is 1.98. The van der Waals surface area contributed by atoms with Gasteiger partial charge in [0.25, 0.3) is 0 Å². The van der Waals surface area contributed by atoms with E-state index in [1.807, 2.05) is 36.4 Å². The summed E-state index contributed by atoms with van der Waals surface area (Å²) in [5.74, 6) is 0. The molecular weight excluding hydrogens is 256 g/mol. The molecule has 1 heterocycles. The van der Waals surface area contributed by atoms with Crippen molar-refractivity contribution in [3.05, 3.63) is 65.3 Å². The SMILES string of the molecule is Cc1ccc(Cl)cc1Nc1ccc2ncccc2c1. The molecule has 0 atom stereocenters. The molecule has 0 aliphatic carbocycles. The maximum absolute atomic E-state index is 6.03. The third kappa shape index (κ3) is 2.54. The van der Waals surface area contributed by atoms with E-state index in [1.54, 1.807) is 6.20 Å². The number of nitrogens with zero attached hydrogens (tertiary/aromatic N) is 1. The lowest BCUT2D eigenvalue weighted by atomic mass is 10.1. The van der Waals surface area contributed by atoms with E-state index in [1.165, 1.54) is 0 Å². The van der Waals surface area contributed by atoms with Crippen LogP contribution in [-0.2, 0) is 0 Å². The number of anilines is 2. The number of nitrogens with one attached hydrogen (secondary N) is 1. The highest BCUT2D eigenvalue weighted by Crippen LogP contribution is 2.25. The lowest BCUT2D eigenvalue weighted by Crippen LogP contribution is -1.93. The minimum atomic E-state index is 0.732. The highest BCUT2D eigenvalue weighted by molar-refractivity contribution is 6.30. The van der Waals surface area contributed by atoms with Gasteiger partial charge < -0.3 is 5.32 Å². The molecule has 2 aromatic carbocycles. The number of halogens is 1. The van der Waals surface area contributed by atoms with Crippen LogP contribution in [0.15, 0.2) is 54.7 Å². The van der Waals surface area contributed by atoms with Crippen LogP contribution in [-0.4, -0.2) is 4.98 Å². The molecule has 19 heavy (non-hydrogen) atoms. The van der Waals surface area contributed by atoms with E-state index in [4.69, 9.17) is 11.6 Å². The first-order chi connectivity index (χ1) is 9.22. The third-order valence-corrected chi connectivity index (χ3v) is 3.32. The van der Waals surface area contributed by atoms with Crippen molar-refractivity contribution in [1.82, 2.24) is 4.98 Å². The molecule has 0 unspecified atom stereocenters. The van der Waals surface area contributed by atoms with E-state index in [0.717, 1.165) is 32.9 Å². The highest BCUT2D eigenvalue weighted by atomic mass is 35.5. The van der Waals surface area contributed by atoms with Gasteiger partial charge in [-0.2, -0.15) is 0 Å². The summed E-state index contributed by atoms with van der Waals surface area (Å²) >= 11 is 6.03. The van der Waals surface area contributed by atoms with Crippen molar-refractivity contribution >= 4 is 33.9 Å². The first-order valence-corrected chi connectivity index (χ1v) is 6.48. The number of fused-ring (bicyclic) bond motifs is 1. The fourth-order valence-electron chi connectivity index (χ4n) is 2.04. The van der Waals surface area contributed by atoms with Gasteiger partial charge >= 0.3 is 0 Å². The average Bonchev–Trinajstić information content (AvgIpc) is 2.43. The Morgan fingerprint density at radius 3 is 2.84 bits per heavy atom. The molecule has 3 rings (SSSR count). The molecule has 0 bridgehead atoms. The second-order valence-corrected chi connectivity index (χ2v) is 4.93. The maximum atomic E-state index is 6.03. The van der Waals surface area contributed by atoms with Crippen molar-refractivity contribution in [2.24, 2.45) is 0 Å². The molecule has 0 saturated carbocycles. The second kappa shape index (κ2) is 4.90. The van der Waals surface area contributed by atoms with Gasteiger partial charge in [-0.05, 0) is 48.9 Å². The summed E-state index contributed by atoms with van der Waals surface area (Å²) in [4.78, 5) is 4.31. The molecule has 0 spiro atoms. The maximum Gasteiger partial charge on any atom is 0.0703 e. The number of aryl methyl sites for hydroxylation is 1. The molecule has 0 radical (unpaired) electrons. The van der Waals surface area contributed by atoms with Crippen LogP contribution in [0.2, 0.25) is 5.02 Å². The molecule has 3 aromatic rings. The van der Waals surface area contributed by atoms with E-state index in [2.05, 4.69) is 29.4 Å². The molecule has 0 fully saturated rings. The Labute approximate surface area is 117 Å². The zero-order chi connectivity index (χ0) is 13.2. The van der Waals surface area contributed by atoms with Gasteiger partial charge in [0, 0.05) is 28.0 Å². The largest absolute Gasteiger partial charge is 0.355 e. The smallest absolute Gasteiger partial charge is 0.0703 e. The Morgan fingerprint density at radius 1 is 1.05 bits per heavy atom. The fraction of sp³-hybridized carbons (Fsp3) is 0.0625. The first-order valence-electron chi connectivity index (χ1n) is 6.10. The van der Waals surface area contributed by atoms with Crippen molar-refractivity contribution in [3.8, 4) is 0 Å². The first kappa shape index (κ1) is 12.0. The Bertz CT molecular complexity index is 738. The highest BCUT2D eigenvalue weighted by Gasteiger charge is 2.01. The van der Waals surface area contributed by atoms with Gasteiger partial charge in [0.05, 0.1) is 5.52 Å². The molecule has 3 heteroatoms. The molecule has 94 valence electrons. The number of rotatable bonds is 2. The van der Waals surface area contributed by atoms with Crippen LogP contribution in [0.5, 0.6) is 0 Å². The summed E-state index contributed by atoms with van der Waals surface area (Å²) in [6.45, 7) is 2.06. The van der Waals surface area contributed by atoms with Crippen LogP contribution in [0.25, 0.3) is 10.9 Å². The number of hydrogen-bond donors (Lipinski definition) is 1. The van der Waals surface area contributed by atoms with Crippen LogP contribution in [0.4, 0.5) is 11.4 Å². The van der Waals surface area contributed by atoms with Crippen LogP contribution < -0.4 is 5.32 Å². The Morgan fingerprint density at radius 2 is 1.95 bits per heavy atom. The van der Waals surface area contributed by atoms with Crippen LogP contribution in [0.3, 0.4) is 0 Å². The predicted molar refractivity (Wildman–Crippen MR) is 81.2 cm³/mol. The second-order valence-electron chi connectivity index (χ2n) is 4.50. The zero-order valence-electron chi connectivity index (χ0n) is 10.5. The van der Waals surface area contributed by atoms with Crippen LogP contribution in [0, 0.1) is 6.92 Å². The lowest BCUT2D eigenvalue weighted by Gasteiger charge is -2.10. The van der Waals surface area contributed by atoms with Crippen molar-refractivity contribution in [2.45, 2.75) is 6.92 Å². The summed E-state index contributed by atoms with van der Waals surface area (Å²) in [5, 5.41) is 5.24. The van der Waals surface area contributed by atoms with Crippen LogP contribution in [0.1, 0.15) is 5.56 Å². The fourth-order valence-corrected chi connectivity index (χ4v) is 2.21. The minimum Gasteiger partial charge on any atom is -0.355 e. The van der Waals surface area contributed by atoms with Gasteiger partial charge in [0.2, 0.25) is 0 Å². The topological polar surface area (TPSA) is 24.9 Å². The molecular formula is C16H13ClN2. The number of pyridine rings is 1.